The molecule has 0 spiro atoms. The second-order valence-electron chi connectivity index (χ2n) is 4.29. The first-order valence-electron chi connectivity index (χ1n) is 6.51. The van der Waals surface area contributed by atoms with Gasteiger partial charge < -0.3 is 5.32 Å². The van der Waals surface area contributed by atoms with Gasteiger partial charge in [0, 0.05) is 23.8 Å². The highest BCUT2D eigenvalue weighted by Crippen LogP contribution is 2.23. The molecule has 0 saturated carbocycles. The Balaban J connectivity index is 3.11. The second-order valence-corrected chi connectivity index (χ2v) is 4.29. The summed E-state index contributed by atoms with van der Waals surface area (Å²) in [7, 11) is 1.96. The molecular formula is C13H24FN3. The zero-order chi connectivity index (χ0) is 12.8. The van der Waals surface area contributed by atoms with Gasteiger partial charge >= 0.3 is 0 Å². The van der Waals surface area contributed by atoms with Crippen molar-refractivity contribution < 1.29 is 4.39 Å². The van der Waals surface area contributed by atoms with Gasteiger partial charge in [-0.25, -0.2) is 0 Å². The SMILES string of the molecule is CCc1nn(CCCF)c(CC)c1C(C)NC. The van der Waals surface area contributed by atoms with Crippen LogP contribution < -0.4 is 5.32 Å². The molecule has 0 fully saturated rings. The molecule has 0 aromatic carbocycles. The normalized spacial score (nSPS) is 13.0. The third-order valence-corrected chi connectivity index (χ3v) is 3.21. The maximum Gasteiger partial charge on any atom is 0.0912 e. The van der Waals surface area contributed by atoms with Crippen LogP contribution in [0.3, 0.4) is 0 Å². The third-order valence-electron chi connectivity index (χ3n) is 3.21. The second kappa shape index (κ2) is 6.74. The highest BCUT2D eigenvalue weighted by Gasteiger charge is 2.19. The van der Waals surface area contributed by atoms with Gasteiger partial charge in [-0.15, -0.1) is 0 Å². The number of hydrogen-bond acceptors (Lipinski definition) is 2. The lowest BCUT2D eigenvalue weighted by Crippen LogP contribution is -2.15. The van der Waals surface area contributed by atoms with Gasteiger partial charge in [0.2, 0.25) is 0 Å². The summed E-state index contributed by atoms with van der Waals surface area (Å²) >= 11 is 0. The molecule has 1 rings (SSSR count). The van der Waals surface area contributed by atoms with E-state index in [0.717, 1.165) is 18.5 Å². The quantitative estimate of drug-likeness (QED) is 0.795. The zero-order valence-corrected chi connectivity index (χ0v) is 11.4. The molecule has 1 unspecified atom stereocenters. The molecule has 1 atom stereocenters. The molecule has 0 bridgehead atoms. The van der Waals surface area contributed by atoms with Crippen molar-refractivity contribution in [2.45, 2.75) is 52.6 Å². The number of alkyl halides is 1. The Kier molecular flexibility index (Phi) is 5.62. The molecule has 0 aliphatic carbocycles. The van der Waals surface area contributed by atoms with Crippen LogP contribution in [0.15, 0.2) is 0 Å². The van der Waals surface area contributed by atoms with E-state index in [1.165, 1.54) is 11.3 Å². The summed E-state index contributed by atoms with van der Waals surface area (Å²) in [6.45, 7) is 6.81. The monoisotopic (exact) mass is 241 g/mol. The Hall–Kier alpha value is -0.900. The minimum atomic E-state index is -0.276. The van der Waals surface area contributed by atoms with Crippen molar-refractivity contribution in [1.82, 2.24) is 15.1 Å². The van der Waals surface area contributed by atoms with E-state index in [2.05, 4.69) is 31.2 Å². The molecule has 0 radical (unpaired) electrons. The van der Waals surface area contributed by atoms with E-state index in [-0.39, 0.29) is 6.67 Å². The molecule has 1 N–H and O–H groups in total. The predicted molar refractivity (Wildman–Crippen MR) is 69.0 cm³/mol. The van der Waals surface area contributed by atoms with Gasteiger partial charge in [-0.1, -0.05) is 13.8 Å². The van der Waals surface area contributed by atoms with E-state index >= 15 is 0 Å². The molecule has 0 saturated heterocycles. The highest BCUT2D eigenvalue weighted by molar-refractivity contribution is 5.30. The first-order chi connectivity index (χ1) is 8.19. The molecule has 0 aliphatic heterocycles. The van der Waals surface area contributed by atoms with Gasteiger partial charge in [-0.3, -0.25) is 9.07 Å². The van der Waals surface area contributed by atoms with Crippen LogP contribution in [0.5, 0.6) is 0 Å². The van der Waals surface area contributed by atoms with Crippen LogP contribution in [0, 0.1) is 0 Å². The average Bonchev–Trinajstić information content (AvgIpc) is 2.72. The minimum Gasteiger partial charge on any atom is -0.313 e. The fourth-order valence-electron chi connectivity index (χ4n) is 2.24. The standard InChI is InChI=1S/C13H24FN3/c1-5-11-13(10(3)15-4)12(6-2)17(16-11)9-7-8-14/h10,15H,5-9H2,1-4H3. The topological polar surface area (TPSA) is 29.9 Å². The number of nitrogens with zero attached hydrogens (tertiary/aromatic N) is 2. The van der Waals surface area contributed by atoms with E-state index in [1.807, 2.05) is 11.7 Å². The molecule has 17 heavy (non-hydrogen) atoms. The maximum absolute atomic E-state index is 12.3. The highest BCUT2D eigenvalue weighted by atomic mass is 19.1. The lowest BCUT2D eigenvalue weighted by atomic mass is 10.0. The van der Waals surface area contributed by atoms with E-state index in [0.29, 0.717) is 19.0 Å². The first-order valence-corrected chi connectivity index (χ1v) is 6.51. The molecule has 1 heterocycles. The Bertz CT molecular complexity index is 347. The van der Waals surface area contributed by atoms with Gasteiger partial charge in [0.15, 0.2) is 0 Å². The van der Waals surface area contributed by atoms with Crippen LogP contribution in [0.25, 0.3) is 0 Å². The van der Waals surface area contributed by atoms with Gasteiger partial charge in [0.1, 0.15) is 0 Å². The molecule has 4 heteroatoms. The van der Waals surface area contributed by atoms with E-state index in [1.54, 1.807) is 0 Å². The van der Waals surface area contributed by atoms with Crippen molar-refractivity contribution in [2.24, 2.45) is 0 Å². The summed E-state index contributed by atoms with van der Waals surface area (Å²) < 4.78 is 14.3. The molecule has 0 amide bonds. The molecule has 1 aromatic heterocycles. The minimum absolute atomic E-state index is 0.276. The molecule has 3 nitrogen and oxygen atoms in total. The van der Waals surface area contributed by atoms with Gasteiger partial charge in [-0.2, -0.15) is 5.10 Å². The summed E-state index contributed by atoms with van der Waals surface area (Å²) in [6, 6.07) is 0.305. The summed E-state index contributed by atoms with van der Waals surface area (Å²) in [6.07, 6.45) is 2.42. The number of aryl methyl sites for hydroxylation is 2. The van der Waals surface area contributed by atoms with Crippen molar-refractivity contribution in [3.8, 4) is 0 Å². The van der Waals surface area contributed by atoms with Crippen LogP contribution in [0.4, 0.5) is 4.39 Å². The zero-order valence-electron chi connectivity index (χ0n) is 11.4. The van der Waals surface area contributed by atoms with Crippen molar-refractivity contribution in [3.05, 3.63) is 17.0 Å². The largest absolute Gasteiger partial charge is 0.313 e. The van der Waals surface area contributed by atoms with E-state index in [9.17, 15) is 4.39 Å². The molecule has 98 valence electrons. The molecular weight excluding hydrogens is 217 g/mol. The smallest absolute Gasteiger partial charge is 0.0912 e. The Morgan fingerprint density at radius 3 is 2.53 bits per heavy atom. The third kappa shape index (κ3) is 3.06. The van der Waals surface area contributed by atoms with Crippen molar-refractivity contribution >= 4 is 0 Å². The van der Waals surface area contributed by atoms with Gasteiger partial charge in [0.05, 0.1) is 12.4 Å². The Morgan fingerprint density at radius 1 is 1.35 bits per heavy atom. The van der Waals surface area contributed by atoms with E-state index in [4.69, 9.17) is 0 Å². The van der Waals surface area contributed by atoms with Crippen LogP contribution in [-0.2, 0) is 19.4 Å². The number of halogens is 1. The Labute approximate surface area is 103 Å². The predicted octanol–water partition coefficient (Wildman–Crippen LogP) is 2.65. The van der Waals surface area contributed by atoms with Crippen LogP contribution in [-0.4, -0.2) is 23.5 Å². The molecule has 1 aromatic rings. The summed E-state index contributed by atoms with van der Waals surface area (Å²) in [5.74, 6) is 0. The lowest BCUT2D eigenvalue weighted by Gasteiger charge is -2.13. The van der Waals surface area contributed by atoms with Crippen molar-refractivity contribution in [2.75, 3.05) is 13.7 Å². The average molecular weight is 241 g/mol. The van der Waals surface area contributed by atoms with Gasteiger partial charge in [0.25, 0.3) is 0 Å². The summed E-state index contributed by atoms with van der Waals surface area (Å²) in [5.41, 5.74) is 3.69. The number of nitrogens with one attached hydrogen (secondary N) is 1. The molecule has 0 aliphatic rings. The fourth-order valence-corrected chi connectivity index (χ4v) is 2.24. The maximum atomic E-state index is 12.3. The van der Waals surface area contributed by atoms with Crippen LogP contribution in [0.2, 0.25) is 0 Å². The van der Waals surface area contributed by atoms with Crippen molar-refractivity contribution in [3.63, 3.8) is 0 Å². The number of aromatic nitrogens is 2. The van der Waals surface area contributed by atoms with Gasteiger partial charge in [-0.05, 0) is 33.2 Å². The first kappa shape index (κ1) is 14.2. The number of rotatable bonds is 7. The summed E-state index contributed by atoms with van der Waals surface area (Å²) in [5, 5.41) is 7.89. The number of hydrogen-bond donors (Lipinski definition) is 1. The summed E-state index contributed by atoms with van der Waals surface area (Å²) in [4.78, 5) is 0. The van der Waals surface area contributed by atoms with Crippen LogP contribution >= 0.6 is 0 Å². The Morgan fingerprint density at radius 2 is 2.06 bits per heavy atom. The lowest BCUT2D eigenvalue weighted by molar-refractivity contribution is 0.429. The van der Waals surface area contributed by atoms with Crippen molar-refractivity contribution in [1.29, 1.82) is 0 Å². The fraction of sp³-hybridized carbons (Fsp3) is 0.769. The van der Waals surface area contributed by atoms with E-state index < -0.39 is 0 Å². The van der Waals surface area contributed by atoms with Crippen LogP contribution in [0.1, 0.15) is 50.2 Å².